The average Bonchev–Trinajstić information content (AvgIpc) is 3.23. The molecule has 0 unspecified atom stereocenters. The first-order chi connectivity index (χ1) is 15.0. The second kappa shape index (κ2) is 10.1. The molecule has 0 spiro atoms. The van der Waals surface area contributed by atoms with Crippen LogP contribution in [-0.2, 0) is 14.3 Å². The third kappa shape index (κ3) is 5.75. The number of carbonyl (C=O) groups excluding carboxylic acids is 3. The van der Waals surface area contributed by atoms with Crippen LogP contribution in [0.25, 0.3) is 6.08 Å². The molecule has 0 aliphatic carbocycles. The highest BCUT2D eigenvalue weighted by molar-refractivity contribution is 6.06. The zero-order valence-corrected chi connectivity index (χ0v) is 17.1. The van der Waals surface area contributed by atoms with Crippen LogP contribution in [0.4, 0.5) is 0 Å². The molecule has 162 valence electrons. The normalized spacial score (nSPS) is 12.1. The van der Waals surface area contributed by atoms with Crippen molar-refractivity contribution >= 4 is 23.9 Å². The molecule has 31 heavy (non-hydrogen) atoms. The Labute approximate surface area is 178 Å². The molecule has 0 radical (unpaired) electrons. The van der Waals surface area contributed by atoms with Crippen molar-refractivity contribution in [3.8, 4) is 17.2 Å². The maximum Gasteiger partial charge on any atom is 0.302 e. The Kier molecular flexibility index (Phi) is 7.10. The Morgan fingerprint density at radius 3 is 2.65 bits per heavy atom. The summed E-state index contributed by atoms with van der Waals surface area (Å²) in [5, 5.41) is 5.23. The number of benzene rings is 2. The van der Waals surface area contributed by atoms with E-state index in [2.05, 4.69) is 10.6 Å². The smallest absolute Gasteiger partial charge is 0.302 e. The quantitative estimate of drug-likeness (QED) is 0.376. The van der Waals surface area contributed by atoms with Crippen LogP contribution in [0.1, 0.15) is 22.8 Å². The summed E-state index contributed by atoms with van der Waals surface area (Å²) >= 11 is 0. The molecule has 2 amide bonds. The lowest BCUT2D eigenvalue weighted by Gasteiger charge is -2.13. The summed E-state index contributed by atoms with van der Waals surface area (Å²) in [6.07, 6.45) is 1.51. The molecule has 2 N–H and O–H groups in total. The number of ether oxygens (including phenoxy) is 4. The molecule has 0 bridgehead atoms. The molecule has 0 atom stereocenters. The standard InChI is InChI=1S/C22H22N2O7/c1-14(25)29-10-9-23-22(27)17(11-15-7-8-19-20(12-15)31-13-30-19)24-21(26)16-5-3-4-6-18(16)28-2/h3-8,11-12H,9-10,13H2,1-2H3,(H,23,27)(H,24,26). The van der Waals surface area contributed by atoms with Crippen molar-refractivity contribution in [1.82, 2.24) is 10.6 Å². The van der Waals surface area contributed by atoms with E-state index in [1.54, 1.807) is 42.5 Å². The maximum absolute atomic E-state index is 12.8. The Balaban J connectivity index is 1.82. The van der Waals surface area contributed by atoms with E-state index >= 15 is 0 Å². The van der Waals surface area contributed by atoms with Crippen LogP contribution in [0.5, 0.6) is 17.2 Å². The van der Waals surface area contributed by atoms with Gasteiger partial charge in [0.2, 0.25) is 6.79 Å². The lowest BCUT2D eigenvalue weighted by molar-refractivity contribution is -0.141. The van der Waals surface area contributed by atoms with E-state index in [4.69, 9.17) is 18.9 Å². The number of hydrogen-bond donors (Lipinski definition) is 2. The Hall–Kier alpha value is -4.01. The minimum Gasteiger partial charge on any atom is -0.496 e. The minimum absolute atomic E-state index is 0.00223. The van der Waals surface area contributed by atoms with E-state index in [-0.39, 0.29) is 31.2 Å². The highest BCUT2D eigenvalue weighted by Gasteiger charge is 2.18. The van der Waals surface area contributed by atoms with E-state index in [1.165, 1.54) is 20.1 Å². The number of hydrogen-bond acceptors (Lipinski definition) is 7. The van der Waals surface area contributed by atoms with Gasteiger partial charge in [-0.1, -0.05) is 18.2 Å². The fourth-order valence-electron chi connectivity index (χ4n) is 2.80. The second-order valence-corrected chi connectivity index (χ2v) is 6.42. The van der Waals surface area contributed by atoms with Gasteiger partial charge in [0.1, 0.15) is 18.1 Å². The fourth-order valence-corrected chi connectivity index (χ4v) is 2.80. The highest BCUT2D eigenvalue weighted by Crippen LogP contribution is 2.33. The Bertz CT molecular complexity index is 1020. The van der Waals surface area contributed by atoms with Crippen LogP contribution in [0.3, 0.4) is 0 Å². The van der Waals surface area contributed by atoms with Gasteiger partial charge in [-0.15, -0.1) is 0 Å². The van der Waals surface area contributed by atoms with Gasteiger partial charge in [0.25, 0.3) is 11.8 Å². The monoisotopic (exact) mass is 426 g/mol. The molecule has 1 aliphatic heterocycles. The summed E-state index contributed by atoms with van der Waals surface area (Å²) in [7, 11) is 1.46. The molecule has 9 nitrogen and oxygen atoms in total. The van der Waals surface area contributed by atoms with E-state index in [0.717, 1.165) is 0 Å². The molecule has 3 rings (SSSR count). The molecule has 0 saturated carbocycles. The van der Waals surface area contributed by atoms with Gasteiger partial charge in [0, 0.05) is 6.92 Å². The first kappa shape index (κ1) is 21.7. The number of rotatable bonds is 8. The van der Waals surface area contributed by atoms with Gasteiger partial charge in [0.15, 0.2) is 11.5 Å². The van der Waals surface area contributed by atoms with Gasteiger partial charge in [-0.2, -0.15) is 0 Å². The molecular weight excluding hydrogens is 404 g/mol. The predicted octanol–water partition coefficient (Wildman–Crippen LogP) is 1.87. The number of amides is 2. The largest absolute Gasteiger partial charge is 0.496 e. The van der Waals surface area contributed by atoms with Gasteiger partial charge in [-0.3, -0.25) is 14.4 Å². The van der Waals surface area contributed by atoms with Crippen molar-refractivity contribution in [3.63, 3.8) is 0 Å². The van der Waals surface area contributed by atoms with Crippen molar-refractivity contribution in [2.24, 2.45) is 0 Å². The van der Waals surface area contributed by atoms with Gasteiger partial charge >= 0.3 is 5.97 Å². The molecule has 0 fully saturated rings. The zero-order valence-electron chi connectivity index (χ0n) is 17.1. The van der Waals surface area contributed by atoms with Crippen LogP contribution in [0, 0.1) is 0 Å². The third-order valence-electron chi connectivity index (χ3n) is 4.24. The van der Waals surface area contributed by atoms with Crippen LogP contribution in [0.2, 0.25) is 0 Å². The topological polar surface area (TPSA) is 112 Å². The first-order valence-corrected chi connectivity index (χ1v) is 9.45. The van der Waals surface area contributed by atoms with Crippen molar-refractivity contribution in [2.45, 2.75) is 6.92 Å². The fraction of sp³-hybridized carbons (Fsp3) is 0.227. The minimum atomic E-state index is -0.548. The maximum atomic E-state index is 12.8. The summed E-state index contributed by atoms with van der Waals surface area (Å²) in [6, 6.07) is 11.8. The summed E-state index contributed by atoms with van der Waals surface area (Å²) in [4.78, 5) is 36.4. The van der Waals surface area contributed by atoms with Crippen molar-refractivity contribution < 1.29 is 33.3 Å². The molecule has 0 aromatic heterocycles. The predicted molar refractivity (Wildman–Crippen MR) is 111 cm³/mol. The molecule has 9 heteroatoms. The zero-order chi connectivity index (χ0) is 22.2. The summed E-state index contributed by atoms with van der Waals surface area (Å²) < 4.78 is 20.7. The number of esters is 1. The van der Waals surface area contributed by atoms with Crippen LogP contribution < -0.4 is 24.8 Å². The van der Waals surface area contributed by atoms with Gasteiger partial charge in [0.05, 0.1) is 19.2 Å². The van der Waals surface area contributed by atoms with Crippen LogP contribution in [0.15, 0.2) is 48.2 Å². The number of fused-ring (bicyclic) bond motifs is 1. The van der Waals surface area contributed by atoms with Crippen LogP contribution in [-0.4, -0.2) is 44.8 Å². The van der Waals surface area contributed by atoms with E-state index in [0.29, 0.717) is 22.8 Å². The second-order valence-electron chi connectivity index (χ2n) is 6.42. The average molecular weight is 426 g/mol. The van der Waals surface area contributed by atoms with E-state index in [9.17, 15) is 14.4 Å². The van der Waals surface area contributed by atoms with Gasteiger partial charge < -0.3 is 29.6 Å². The summed E-state index contributed by atoms with van der Waals surface area (Å²) in [5.41, 5.74) is 0.890. The lowest BCUT2D eigenvalue weighted by Crippen LogP contribution is -2.36. The number of carbonyl (C=O) groups is 3. The molecule has 1 aliphatic rings. The summed E-state index contributed by atoms with van der Waals surface area (Å²) in [5.74, 6) is 0.00204. The lowest BCUT2D eigenvalue weighted by atomic mass is 10.1. The molecule has 0 saturated heterocycles. The summed E-state index contributed by atoms with van der Waals surface area (Å²) in [6.45, 7) is 1.50. The molecule has 2 aromatic carbocycles. The Morgan fingerprint density at radius 1 is 1.10 bits per heavy atom. The van der Waals surface area contributed by atoms with Crippen molar-refractivity contribution in [2.75, 3.05) is 27.1 Å². The van der Waals surface area contributed by atoms with Crippen LogP contribution >= 0.6 is 0 Å². The van der Waals surface area contributed by atoms with Gasteiger partial charge in [-0.25, -0.2) is 0 Å². The van der Waals surface area contributed by atoms with Crippen molar-refractivity contribution in [1.29, 1.82) is 0 Å². The number of methoxy groups -OCH3 is 1. The molecular formula is C22H22N2O7. The SMILES string of the molecule is COc1ccccc1C(=O)NC(=Cc1ccc2c(c1)OCO2)C(=O)NCCOC(C)=O. The third-order valence-corrected chi connectivity index (χ3v) is 4.24. The van der Waals surface area contributed by atoms with Crippen molar-refractivity contribution in [3.05, 3.63) is 59.3 Å². The van der Waals surface area contributed by atoms with E-state index < -0.39 is 17.8 Å². The van der Waals surface area contributed by atoms with E-state index in [1.807, 2.05) is 0 Å². The first-order valence-electron chi connectivity index (χ1n) is 9.45. The van der Waals surface area contributed by atoms with Gasteiger partial charge in [-0.05, 0) is 35.9 Å². The Morgan fingerprint density at radius 2 is 1.87 bits per heavy atom. The highest BCUT2D eigenvalue weighted by atomic mass is 16.7. The molecule has 2 aromatic rings. The molecule has 1 heterocycles. The number of nitrogens with one attached hydrogen (secondary N) is 2. The number of para-hydroxylation sites is 1.